The van der Waals surface area contributed by atoms with E-state index in [4.69, 9.17) is 4.74 Å². The Kier molecular flexibility index (Phi) is 6.70. The average Bonchev–Trinajstić information content (AvgIpc) is 3.20. The molecular weight excluding hydrogens is 376 g/mol. The van der Waals surface area contributed by atoms with Crippen LogP contribution in [-0.4, -0.2) is 58.5 Å². The molecular formula is C16H26N4O4S2. The van der Waals surface area contributed by atoms with Crippen molar-refractivity contribution in [3.8, 4) is 0 Å². The fraction of sp³-hybridized carbons (Fsp3) is 0.812. The monoisotopic (exact) mass is 402 g/mol. The lowest BCUT2D eigenvalue weighted by atomic mass is 10.1. The maximum Gasteiger partial charge on any atom is 0.414 e. The molecule has 0 saturated carbocycles. The predicted octanol–water partition coefficient (Wildman–Crippen LogP) is 0.584. The molecule has 3 fully saturated rings. The number of carbonyl (C=O) groups excluding carboxylic acids is 3. The number of imide groups is 1. The summed E-state index contributed by atoms with van der Waals surface area (Å²) in [5.74, 6) is -0.169. The lowest BCUT2D eigenvalue weighted by Gasteiger charge is -2.24. The van der Waals surface area contributed by atoms with E-state index in [-0.39, 0.29) is 28.1 Å². The summed E-state index contributed by atoms with van der Waals surface area (Å²) in [6.07, 6.45) is 1.76. The van der Waals surface area contributed by atoms with Gasteiger partial charge in [0.1, 0.15) is 5.37 Å². The SMILES string of the molecule is CC(C)OC(=O)NC(=O)C1CCSC1NC(=O)C1NC2CCCNC2S1. The van der Waals surface area contributed by atoms with Crippen LogP contribution in [0.2, 0.25) is 0 Å². The van der Waals surface area contributed by atoms with Gasteiger partial charge in [-0.1, -0.05) is 0 Å². The van der Waals surface area contributed by atoms with E-state index in [0.29, 0.717) is 12.5 Å². The minimum Gasteiger partial charge on any atom is -0.447 e. The zero-order valence-corrected chi connectivity index (χ0v) is 16.6. The van der Waals surface area contributed by atoms with Gasteiger partial charge >= 0.3 is 6.09 Å². The summed E-state index contributed by atoms with van der Waals surface area (Å²) in [6, 6.07) is 0.311. The van der Waals surface area contributed by atoms with E-state index in [0.717, 1.165) is 25.1 Å². The molecule has 3 heterocycles. The molecule has 8 nitrogen and oxygen atoms in total. The summed E-state index contributed by atoms with van der Waals surface area (Å²) < 4.78 is 4.95. The smallest absolute Gasteiger partial charge is 0.414 e. The van der Waals surface area contributed by atoms with E-state index in [1.54, 1.807) is 25.6 Å². The van der Waals surface area contributed by atoms with Crippen LogP contribution >= 0.6 is 23.5 Å². The highest BCUT2D eigenvalue weighted by Gasteiger charge is 2.42. The second-order valence-electron chi connectivity index (χ2n) is 6.94. The van der Waals surface area contributed by atoms with Gasteiger partial charge < -0.3 is 15.4 Å². The molecule has 146 valence electrons. The van der Waals surface area contributed by atoms with E-state index < -0.39 is 17.9 Å². The van der Waals surface area contributed by atoms with Crippen molar-refractivity contribution in [2.24, 2.45) is 5.92 Å². The Morgan fingerprint density at radius 3 is 2.73 bits per heavy atom. The first-order valence-electron chi connectivity index (χ1n) is 9.02. The van der Waals surface area contributed by atoms with Gasteiger partial charge in [-0.05, 0) is 45.4 Å². The summed E-state index contributed by atoms with van der Waals surface area (Å²) >= 11 is 3.13. The average molecular weight is 403 g/mol. The van der Waals surface area contributed by atoms with Crippen LogP contribution in [-0.2, 0) is 14.3 Å². The van der Waals surface area contributed by atoms with Crippen LogP contribution in [0, 0.1) is 5.92 Å². The van der Waals surface area contributed by atoms with Gasteiger partial charge in [0.2, 0.25) is 11.8 Å². The number of fused-ring (bicyclic) bond motifs is 1. The van der Waals surface area contributed by atoms with Crippen LogP contribution in [0.4, 0.5) is 4.79 Å². The van der Waals surface area contributed by atoms with Gasteiger partial charge in [0.15, 0.2) is 0 Å². The van der Waals surface area contributed by atoms with Gasteiger partial charge in [-0.2, -0.15) is 0 Å². The highest BCUT2D eigenvalue weighted by atomic mass is 32.2. The number of amides is 3. The number of ether oxygens (including phenoxy) is 1. The molecule has 3 amide bonds. The largest absolute Gasteiger partial charge is 0.447 e. The molecule has 0 aromatic rings. The van der Waals surface area contributed by atoms with Crippen LogP contribution in [0.15, 0.2) is 0 Å². The Morgan fingerprint density at radius 2 is 2.00 bits per heavy atom. The zero-order valence-electron chi connectivity index (χ0n) is 14.9. The molecule has 3 aliphatic rings. The van der Waals surface area contributed by atoms with E-state index in [1.165, 1.54) is 11.8 Å². The van der Waals surface area contributed by atoms with Crippen LogP contribution in [0.25, 0.3) is 0 Å². The highest BCUT2D eigenvalue weighted by Crippen LogP contribution is 2.33. The number of hydrogen-bond acceptors (Lipinski definition) is 8. The molecule has 0 aliphatic carbocycles. The van der Waals surface area contributed by atoms with Crippen molar-refractivity contribution in [1.82, 2.24) is 21.3 Å². The second-order valence-corrected chi connectivity index (χ2v) is 9.45. The number of rotatable bonds is 4. The van der Waals surface area contributed by atoms with Crippen molar-refractivity contribution < 1.29 is 19.1 Å². The Labute approximate surface area is 161 Å². The molecule has 5 atom stereocenters. The van der Waals surface area contributed by atoms with E-state index in [2.05, 4.69) is 21.3 Å². The second kappa shape index (κ2) is 8.81. The molecule has 3 saturated heterocycles. The first-order chi connectivity index (χ1) is 12.4. The molecule has 26 heavy (non-hydrogen) atoms. The van der Waals surface area contributed by atoms with Crippen LogP contribution in [0.3, 0.4) is 0 Å². The van der Waals surface area contributed by atoms with Crippen molar-refractivity contribution in [2.45, 2.75) is 61.4 Å². The topological polar surface area (TPSA) is 109 Å². The molecule has 0 spiro atoms. The third-order valence-electron chi connectivity index (χ3n) is 4.57. The van der Waals surface area contributed by atoms with Crippen molar-refractivity contribution in [1.29, 1.82) is 0 Å². The third-order valence-corrected chi connectivity index (χ3v) is 7.26. The van der Waals surface area contributed by atoms with Crippen molar-refractivity contribution in [3.63, 3.8) is 0 Å². The molecule has 0 aromatic carbocycles. The number of hydrogen-bond donors (Lipinski definition) is 4. The Hall–Kier alpha value is -0.970. The van der Waals surface area contributed by atoms with Gasteiger partial charge in [-0.25, -0.2) is 4.79 Å². The fourth-order valence-corrected chi connectivity index (χ4v) is 6.04. The summed E-state index contributed by atoms with van der Waals surface area (Å²) in [6.45, 7) is 4.42. The molecule has 0 radical (unpaired) electrons. The summed E-state index contributed by atoms with van der Waals surface area (Å²) in [4.78, 5) is 36.6. The van der Waals surface area contributed by atoms with Crippen molar-refractivity contribution in [3.05, 3.63) is 0 Å². The summed E-state index contributed by atoms with van der Waals surface area (Å²) in [5.41, 5.74) is 0. The Morgan fingerprint density at radius 1 is 1.19 bits per heavy atom. The molecule has 0 bridgehead atoms. The molecule has 10 heteroatoms. The standard InChI is InChI=1S/C16H26N4O4S2/c1-8(2)24-16(23)20-11(21)9-5-7-25-13(9)19-12(22)15-18-10-4-3-6-17-14(10)26-15/h8-10,13-15,17-18H,3-7H2,1-2H3,(H,19,22)(H,20,21,23). The van der Waals surface area contributed by atoms with E-state index in [1.807, 2.05) is 0 Å². The fourth-order valence-electron chi connectivity index (χ4n) is 3.34. The highest BCUT2D eigenvalue weighted by molar-refractivity contribution is 8.01. The summed E-state index contributed by atoms with van der Waals surface area (Å²) in [7, 11) is 0. The Balaban J connectivity index is 1.51. The number of carbonyl (C=O) groups is 3. The number of thioether (sulfide) groups is 2. The maximum absolute atomic E-state index is 12.6. The van der Waals surface area contributed by atoms with Crippen LogP contribution in [0.5, 0.6) is 0 Å². The van der Waals surface area contributed by atoms with Gasteiger partial charge in [0.25, 0.3) is 0 Å². The first-order valence-corrected chi connectivity index (χ1v) is 11.0. The first kappa shape index (κ1) is 19.8. The number of piperidine rings is 1. The zero-order chi connectivity index (χ0) is 18.7. The molecule has 5 unspecified atom stereocenters. The van der Waals surface area contributed by atoms with Gasteiger partial charge in [0.05, 0.1) is 22.8 Å². The lowest BCUT2D eigenvalue weighted by molar-refractivity contribution is -0.125. The van der Waals surface area contributed by atoms with E-state index >= 15 is 0 Å². The number of alkyl carbamates (subject to hydrolysis) is 1. The predicted molar refractivity (Wildman–Crippen MR) is 102 cm³/mol. The van der Waals surface area contributed by atoms with Gasteiger partial charge in [-0.3, -0.25) is 20.2 Å². The molecule has 0 aromatic heterocycles. The summed E-state index contributed by atoms with van der Waals surface area (Å²) in [5, 5.41) is 11.7. The van der Waals surface area contributed by atoms with Crippen molar-refractivity contribution in [2.75, 3.05) is 12.3 Å². The lowest BCUT2D eigenvalue weighted by Crippen LogP contribution is -2.50. The quantitative estimate of drug-likeness (QED) is 0.541. The Bertz CT molecular complexity index is 548. The van der Waals surface area contributed by atoms with Gasteiger partial charge in [-0.15, -0.1) is 23.5 Å². The van der Waals surface area contributed by atoms with Crippen molar-refractivity contribution >= 4 is 41.4 Å². The molecule has 3 rings (SSSR count). The maximum atomic E-state index is 12.6. The number of nitrogens with one attached hydrogen (secondary N) is 4. The van der Waals surface area contributed by atoms with Crippen LogP contribution < -0.4 is 21.3 Å². The van der Waals surface area contributed by atoms with Crippen LogP contribution in [0.1, 0.15) is 33.1 Å². The molecule has 4 N–H and O–H groups in total. The normalized spacial score (nSPS) is 33.6. The molecule has 3 aliphatic heterocycles. The minimum absolute atomic E-state index is 0.104. The third kappa shape index (κ3) is 4.85. The minimum atomic E-state index is -0.741. The van der Waals surface area contributed by atoms with Gasteiger partial charge in [0, 0.05) is 6.04 Å². The van der Waals surface area contributed by atoms with E-state index in [9.17, 15) is 14.4 Å².